The van der Waals surface area contributed by atoms with Crippen molar-refractivity contribution >= 4 is 22.8 Å². The molecule has 2 heterocycles. The number of fused-ring (bicyclic) bond motifs is 1. The fourth-order valence-electron chi connectivity index (χ4n) is 4.16. The average molecular weight is 391 g/mol. The van der Waals surface area contributed by atoms with Crippen LogP contribution in [-0.4, -0.2) is 34.9 Å². The molecular formula is C25H27FN2O. The van der Waals surface area contributed by atoms with Crippen LogP contribution in [0.15, 0.2) is 60.8 Å². The number of rotatable bonds is 6. The molecule has 1 aromatic heterocycles. The standard InChI is InChI=1S/C25H27FN2O/c1-19(29)2-3-21-4-7-22-11-17-28(25(22)18-21)24-12-15-27(16-13-24)14-10-20-5-8-23(26)9-6-20/h2-9,11,17-18,24H,10,12-16H2,1H3. The highest BCUT2D eigenvalue weighted by atomic mass is 19.1. The Morgan fingerprint density at radius 1 is 1.10 bits per heavy atom. The molecule has 0 amide bonds. The van der Waals surface area contributed by atoms with Crippen LogP contribution in [0.1, 0.15) is 36.9 Å². The van der Waals surface area contributed by atoms with Gasteiger partial charge in [0.2, 0.25) is 0 Å². The van der Waals surface area contributed by atoms with Crippen LogP contribution in [0.2, 0.25) is 0 Å². The summed E-state index contributed by atoms with van der Waals surface area (Å²) in [7, 11) is 0. The molecule has 1 aliphatic heterocycles. The lowest BCUT2D eigenvalue weighted by Gasteiger charge is -2.33. The molecule has 4 heteroatoms. The van der Waals surface area contributed by atoms with Crippen molar-refractivity contribution in [3.8, 4) is 0 Å². The molecule has 2 aromatic carbocycles. The fourth-order valence-corrected chi connectivity index (χ4v) is 4.16. The summed E-state index contributed by atoms with van der Waals surface area (Å²) in [5.41, 5.74) is 3.49. The van der Waals surface area contributed by atoms with Gasteiger partial charge in [0.25, 0.3) is 0 Å². The number of carbonyl (C=O) groups is 1. The quantitative estimate of drug-likeness (QED) is 0.536. The second-order valence-corrected chi connectivity index (χ2v) is 7.93. The van der Waals surface area contributed by atoms with E-state index in [1.807, 2.05) is 18.2 Å². The number of benzene rings is 2. The molecule has 3 aromatic rings. The molecule has 150 valence electrons. The van der Waals surface area contributed by atoms with Crippen molar-refractivity contribution in [1.82, 2.24) is 9.47 Å². The molecule has 1 fully saturated rings. The molecule has 0 aliphatic carbocycles. The van der Waals surface area contributed by atoms with Crippen molar-refractivity contribution in [3.63, 3.8) is 0 Å². The Hall–Kier alpha value is -2.72. The van der Waals surface area contributed by atoms with Gasteiger partial charge in [-0.2, -0.15) is 0 Å². The highest BCUT2D eigenvalue weighted by Crippen LogP contribution is 2.28. The number of halogens is 1. The first-order chi connectivity index (χ1) is 14.1. The van der Waals surface area contributed by atoms with Crippen LogP contribution in [0.3, 0.4) is 0 Å². The summed E-state index contributed by atoms with van der Waals surface area (Å²) in [5.74, 6) is -0.109. The Labute approximate surface area is 171 Å². The number of ketones is 1. The zero-order valence-corrected chi connectivity index (χ0v) is 16.9. The Morgan fingerprint density at radius 2 is 1.86 bits per heavy atom. The second-order valence-electron chi connectivity index (χ2n) is 7.93. The van der Waals surface area contributed by atoms with Crippen molar-refractivity contribution in [2.45, 2.75) is 32.2 Å². The van der Waals surface area contributed by atoms with Gasteiger partial charge in [0, 0.05) is 37.4 Å². The van der Waals surface area contributed by atoms with E-state index < -0.39 is 0 Å². The summed E-state index contributed by atoms with van der Waals surface area (Å²) in [6.45, 7) is 4.75. The summed E-state index contributed by atoms with van der Waals surface area (Å²) < 4.78 is 15.4. The molecule has 1 aliphatic rings. The second kappa shape index (κ2) is 8.75. The summed E-state index contributed by atoms with van der Waals surface area (Å²) >= 11 is 0. The van der Waals surface area contributed by atoms with Crippen LogP contribution in [-0.2, 0) is 11.2 Å². The number of hydrogen-bond donors (Lipinski definition) is 0. The molecule has 0 saturated carbocycles. The maximum atomic E-state index is 13.0. The molecule has 0 N–H and O–H groups in total. The van der Waals surface area contributed by atoms with Crippen LogP contribution in [0.25, 0.3) is 17.0 Å². The molecule has 1 saturated heterocycles. The van der Waals surface area contributed by atoms with Gasteiger partial charge in [0.1, 0.15) is 5.82 Å². The lowest BCUT2D eigenvalue weighted by Crippen LogP contribution is -2.35. The van der Waals surface area contributed by atoms with E-state index in [0.29, 0.717) is 6.04 Å². The largest absolute Gasteiger partial charge is 0.344 e. The van der Waals surface area contributed by atoms with E-state index in [-0.39, 0.29) is 11.6 Å². The third-order valence-corrected chi connectivity index (χ3v) is 5.84. The first-order valence-electron chi connectivity index (χ1n) is 10.3. The third kappa shape index (κ3) is 4.83. The summed E-state index contributed by atoms with van der Waals surface area (Å²) in [6.07, 6.45) is 8.91. The topological polar surface area (TPSA) is 25.2 Å². The van der Waals surface area contributed by atoms with Gasteiger partial charge in [-0.15, -0.1) is 0 Å². The predicted molar refractivity (Wildman–Crippen MR) is 116 cm³/mol. The van der Waals surface area contributed by atoms with Gasteiger partial charge >= 0.3 is 0 Å². The van der Waals surface area contributed by atoms with Gasteiger partial charge in [0.05, 0.1) is 0 Å². The zero-order chi connectivity index (χ0) is 20.2. The zero-order valence-electron chi connectivity index (χ0n) is 16.9. The van der Waals surface area contributed by atoms with E-state index in [0.717, 1.165) is 44.5 Å². The Morgan fingerprint density at radius 3 is 2.59 bits per heavy atom. The van der Waals surface area contributed by atoms with Crippen molar-refractivity contribution in [3.05, 3.63) is 77.7 Å². The van der Waals surface area contributed by atoms with Crippen LogP contribution in [0.5, 0.6) is 0 Å². The molecule has 29 heavy (non-hydrogen) atoms. The van der Waals surface area contributed by atoms with E-state index >= 15 is 0 Å². The van der Waals surface area contributed by atoms with Crippen LogP contribution in [0, 0.1) is 5.82 Å². The van der Waals surface area contributed by atoms with Gasteiger partial charge in [-0.3, -0.25) is 4.79 Å². The number of likely N-dealkylation sites (tertiary alicyclic amines) is 1. The van der Waals surface area contributed by atoms with Crippen molar-refractivity contribution in [2.75, 3.05) is 19.6 Å². The number of hydrogen-bond acceptors (Lipinski definition) is 2. The molecular weight excluding hydrogens is 363 g/mol. The van der Waals surface area contributed by atoms with Gasteiger partial charge in [0.15, 0.2) is 5.78 Å². The van der Waals surface area contributed by atoms with E-state index in [4.69, 9.17) is 0 Å². The summed E-state index contributed by atoms with van der Waals surface area (Å²) in [4.78, 5) is 13.7. The first kappa shape index (κ1) is 19.6. The predicted octanol–water partition coefficient (Wildman–Crippen LogP) is 5.26. The monoisotopic (exact) mass is 390 g/mol. The molecule has 0 atom stereocenters. The van der Waals surface area contributed by atoms with E-state index in [2.05, 4.69) is 39.9 Å². The smallest absolute Gasteiger partial charge is 0.152 e. The normalized spacial score (nSPS) is 16.1. The Balaban J connectivity index is 1.39. The third-order valence-electron chi connectivity index (χ3n) is 5.84. The molecule has 4 rings (SSSR count). The van der Waals surface area contributed by atoms with Crippen LogP contribution >= 0.6 is 0 Å². The highest BCUT2D eigenvalue weighted by molar-refractivity contribution is 5.92. The van der Waals surface area contributed by atoms with Crippen LogP contribution in [0.4, 0.5) is 4.39 Å². The lowest BCUT2D eigenvalue weighted by molar-refractivity contribution is -0.112. The molecule has 0 spiro atoms. The number of aromatic nitrogens is 1. The number of allylic oxidation sites excluding steroid dienone is 1. The van der Waals surface area contributed by atoms with Crippen LogP contribution < -0.4 is 0 Å². The summed E-state index contributed by atoms with van der Waals surface area (Å²) in [5, 5.41) is 1.24. The average Bonchev–Trinajstić information content (AvgIpc) is 3.15. The van der Waals surface area contributed by atoms with Crippen molar-refractivity contribution in [1.29, 1.82) is 0 Å². The lowest BCUT2D eigenvalue weighted by atomic mass is 10.0. The van der Waals surface area contributed by atoms with Gasteiger partial charge in [-0.05, 0) is 73.0 Å². The summed E-state index contributed by atoms with van der Waals surface area (Å²) in [6, 6.07) is 15.9. The maximum absolute atomic E-state index is 13.0. The van der Waals surface area contributed by atoms with E-state index in [1.165, 1.54) is 16.5 Å². The van der Waals surface area contributed by atoms with Gasteiger partial charge in [-0.1, -0.05) is 30.3 Å². The highest BCUT2D eigenvalue weighted by Gasteiger charge is 2.21. The van der Waals surface area contributed by atoms with Crippen molar-refractivity contribution in [2.24, 2.45) is 0 Å². The molecule has 0 unspecified atom stereocenters. The van der Waals surface area contributed by atoms with Gasteiger partial charge in [-0.25, -0.2) is 4.39 Å². The Kier molecular flexibility index (Phi) is 5.91. The SMILES string of the molecule is CC(=O)C=Cc1ccc2ccn(C3CCN(CCc4ccc(F)cc4)CC3)c2c1. The minimum absolute atomic E-state index is 0.0634. The molecule has 0 radical (unpaired) electrons. The molecule has 3 nitrogen and oxygen atoms in total. The number of carbonyl (C=O) groups excluding carboxylic acids is 1. The minimum Gasteiger partial charge on any atom is -0.344 e. The van der Waals surface area contributed by atoms with E-state index in [1.54, 1.807) is 25.1 Å². The van der Waals surface area contributed by atoms with Gasteiger partial charge < -0.3 is 9.47 Å². The first-order valence-corrected chi connectivity index (χ1v) is 10.3. The van der Waals surface area contributed by atoms with E-state index in [9.17, 15) is 9.18 Å². The fraction of sp³-hybridized carbons (Fsp3) is 0.320. The number of nitrogens with zero attached hydrogens (tertiary/aromatic N) is 2. The molecule has 0 bridgehead atoms. The van der Waals surface area contributed by atoms with Crippen molar-refractivity contribution < 1.29 is 9.18 Å². The number of piperidine rings is 1. The maximum Gasteiger partial charge on any atom is 0.152 e. The Bertz CT molecular complexity index is 1010. The minimum atomic E-state index is -0.173.